The molecule has 0 saturated carbocycles. The minimum absolute atomic E-state index is 0.299. The summed E-state index contributed by atoms with van der Waals surface area (Å²) in [5.74, 6) is 0.0307. The summed E-state index contributed by atoms with van der Waals surface area (Å²) < 4.78 is 0. The van der Waals surface area contributed by atoms with Crippen molar-refractivity contribution < 1.29 is 9.90 Å². The van der Waals surface area contributed by atoms with Gasteiger partial charge < -0.3 is 10.0 Å². The van der Waals surface area contributed by atoms with Gasteiger partial charge in [0, 0.05) is 25.5 Å². The Morgan fingerprint density at radius 2 is 2.11 bits per heavy atom. The van der Waals surface area contributed by atoms with Crippen molar-refractivity contribution in [2.75, 3.05) is 18.0 Å². The van der Waals surface area contributed by atoms with Crippen LogP contribution in [0.2, 0.25) is 0 Å². The highest BCUT2D eigenvalue weighted by Crippen LogP contribution is 2.21. The molecule has 1 aliphatic heterocycles. The first-order valence-electron chi connectivity index (χ1n) is 6.37. The molecule has 18 heavy (non-hydrogen) atoms. The second kappa shape index (κ2) is 5.33. The fourth-order valence-electron chi connectivity index (χ4n) is 2.15. The molecule has 0 aromatic carbocycles. The third kappa shape index (κ3) is 2.78. The summed E-state index contributed by atoms with van der Waals surface area (Å²) in [7, 11) is 0. The average Bonchev–Trinajstić information content (AvgIpc) is 2.39. The van der Waals surface area contributed by atoms with Crippen LogP contribution < -0.4 is 4.90 Å². The van der Waals surface area contributed by atoms with Crippen molar-refractivity contribution in [1.29, 1.82) is 0 Å². The topological polar surface area (TPSA) is 66.3 Å². The summed E-state index contributed by atoms with van der Waals surface area (Å²) in [6, 6.07) is 0. The van der Waals surface area contributed by atoms with Crippen LogP contribution in [-0.4, -0.2) is 34.1 Å². The van der Waals surface area contributed by atoms with Gasteiger partial charge in [0.05, 0.1) is 5.92 Å². The molecular weight excluding hydrogens is 230 g/mol. The fraction of sp³-hybridized carbons (Fsp3) is 0.615. The molecule has 2 heterocycles. The Hall–Kier alpha value is -1.65. The molecule has 1 fully saturated rings. The van der Waals surface area contributed by atoms with E-state index in [9.17, 15) is 4.79 Å². The van der Waals surface area contributed by atoms with E-state index in [1.807, 2.05) is 17.3 Å². The third-order valence-electron chi connectivity index (χ3n) is 3.38. The van der Waals surface area contributed by atoms with E-state index in [2.05, 4.69) is 23.8 Å². The van der Waals surface area contributed by atoms with Gasteiger partial charge in [-0.25, -0.2) is 9.97 Å². The molecular formula is C13H19N3O2. The van der Waals surface area contributed by atoms with Crippen molar-refractivity contribution in [3.8, 4) is 0 Å². The van der Waals surface area contributed by atoms with Crippen LogP contribution in [0.1, 0.15) is 38.2 Å². The third-order valence-corrected chi connectivity index (χ3v) is 3.38. The van der Waals surface area contributed by atoms with Crippen LogP contribution in [0.5, 0.6) is 0 Å². The van der Waals surface area contributed by atoms with Gasteiger partial charge in [-0.2, -0.15) is 0 Å². The van der Waals surface area contributed by atoms with E-state index >= 15 is 0 Å². The van der Waals surface area contributed by atoms with Gasteiger partial charge in [0.25, 0.3) is 0 Å². The van der Waals surface area contributed by atoms with Crippen molar-refractivity contribution in [3.63, 3.8) is 0 Å². The van der Waals surface area contributed by atoms with E-state index in [0.717, 1.165) is 24.9 Å². The van der Waals surface area contributed by atoms with Crippen LogP contribution in [0.25, 0.3) is 0 Å². The Morgan fingerprint density at radius 1 is 1.44 bits per heavy atom. The Bertz CT molecular complexity index is 417. The highest BCUT2D eigenvalue weighted by molar-refractivity contribution is 5.71. The molecule has 1 saturated heterocycles. The van der Waals surface area contributed by atoms with Crippen molar-refractivity contribution in [2.45, 2.75) is 32.6 Å². The first-order chi connectivity index (χ1) is 8.58. The predicted octanol–water partition coefficient (Wildman–Crippen LogP) is 1.90. The molecule has 1 aromatic rings. The molecule has 0 bridgehead atoms. The molecule has 1 aliphatic rings. The Morgan fingerprint density at radius 3 is 2.67 bits per heavy atom. The Balaban J connectivity index is 2.09. The minimum atomic E-state index is -0.724. The van der Waals surface area contributed by atoms with Gasteiger partial charge in [0.1, 0.15) is 0 Å². The number of carboxylic acids is 1. The van der Waals surface area contributed by atoms with Gasteiger partial charge in [-0.15, -0.1) is 0 Å². The first kappa shape index (κ1) is 12.8. The van der Waals surface area contributed by atoms with Crippen LogP contribution >= 0.6 is 0 Å². The quantitative estimate of drug-likeness (QED) is 0.886. The SMILES string of the molecule is CC(C)c1cnc(N2CCCC(C(=O)O)C2)nc1. The molecule has 0 spiro atoms. The number of aliphatic carboxylic acids is 1. The highest BCUT2D eigenvalue weighted by atomic mass is 16.4. The van der Waals surface area contributed by atoms with Crippen LogP contribution in [-0.2, 0) is 4.79 Å². The van der Waals surface area contributed by atoms with Gasteiger partial charge in [0.15, 0.2) is 0 Å². The molecule has 1 N–H and O–H groups in total. The summed E-state index contributed by atoms with van der Waals surface area (Å²) in [4.78, 5) is 21.7. The average molecular weight is 249 g/mol. The Kier molecular flexibility index (Phi) is 3.79. The lowest BCUT2D eigenvalue weighted by Gasteiger charge is -2.30. The molecule has 0 radical (unpaired) electrons. The monoisotopic (exact) mass is 249 g/mol. The van der Waals surface area contributed by atoms with Gasteiger partial charge in [-0.05, 0) is 24.3 Å². The normalized spacial score (nSPS) is 20.2. The number of hydrogen-bond acceptors (Lipinski definition) is 4. The van der Waals surface area contributed by atoms with Gasteiger partial charge >= 0.3 is 5.97 Å². The molecule has 5 heteroatoms. The van der Waals surface area contributed by atoms with E-state index in [4.69, 9.17) is 5.11 Å². The second-order valence-electron chi connectivity index (χ2n) is 5.09. The lowest BCUT2D eigenvalue weighted by atomic mass is 9.99. The maximum absolute atomic E-state index is 11.0. The van der Waals surface area contributed by atoms with Crippen molar-refractivity contribution in [3.05, 3.63) is 18.0 Å². The largest absolute Gasteiger partial charge is 0.481 e. The second-order valence-corrected chi connectivity index (χ2v) is 5.09. The molecule has 5 nitrogen and oxygen atoms in total. The molecule has 2 rings (SSSR count). The lowest BCUT2D eigenvalue weighted by Crippen LogP contribution is -2.39. The molecule has 1 atom stereocenters. The lowest BCUT2D eigenvalue weighted by molar-refractivity contribution is -0.141. The summed E-state index contributed by atoms with van der Waals surface area (Å²) in [5.41, 5.74) is 1.10. The number of carbonyl (C=O) groups is 1. The van der Waals surface area contributed by atoms with Crippen LogP contribution in [0.4, 0.5) is 5.95 Å². The summed E-state index contributed by atoms with van der Waals surface area (Å²) in [6.07, 6.45) is 5.29. The minimum Gasteiger partial charge on any atom is -0.481 e. The number of nitrogens with zero attached hydrogens (tertiary/aromatic N) is 3. The Labute approximate surface area is 107 Å². The maximum atomic E-state index is 11.0. The zero-order valence-electron chi connectivity index (χ0n) is 10.8. The number of aromatic nitrogens is 2. The number of piperidine rings is 1. The van der Waals surface area contributed by atoms with Gasteiger partial charge in [-0.1, -0.05) is 13.8 Å². The molecule has 0 aliphatic carbocycles. The number of carboxylic acid groups (broad SMARTS) is 1. The highest BCUT2D eigenvalue weighted by Gasteiger charge is 2.26. The smallest absolute Gasteiger partial charge is 0.308 e. The molecule has 98 valence electrons. The van der Waals surface area contributed by atoms with Crippen molar-refractivity contribution in [2.24, 2.45) is 5.92 Å². The van der Waals surface area contributed by atoms with E-state index in [-0.39, 0.29) is 5.92 Å². The number of rotatable bonds is 3. The number of hydrogen-bond donors (Lipinski definition) is 1. The molecule has 1 aromatic heterocycles. The standard InChI is InChI=1S/C13H19N3O2/c1-9(2)11-6-14-13(15-7-11)16-5-3-4-10(8-16)12(17)18/h6-7,9-10H,3-5,8H2,1-2H3,(H,17,18). The van der Waals surface area contributed by atoms with E-state index in [1.165, 1.54) is 0 Å². The van der Waals surface area contributed by atoms with E-state index < -0.39 is 5.97 Å². The molecule has 1 unspecified atom stereocenters. The van der Waals surface area contributed by atoms with E-state index in [0.29, 0.717) is 18.4 Å². The van der Waals surface area contributed by atoms with Crippen LogP contribution in [0.15, 0.2) is 12.4 Å². The maximum Gasteiger partial charge on any atom is 0.308 e. The van der Waals surface area contributed by atoms with Gasteiger partial charge in [-0.3, -0.25) is 4.79 Å². The van der Waals surface area contributed by atoms with Crippen molar-refractivity contribution in [1.82, 2.24) is 9.97 Å². The fourth-order valence-corrected chi connectivity index (χ4v) is 2.15. The van der Waals surface area contributed by atoms with Crippen LogP contribution in [0, 0.1) is 5.92 Å². The summed E-state index contributed by atoms with van der Waals surface area (Å²) in [5, 5.41) is 9.05. The zero-order chi connectivity index (χ0) is 13.1. The molecule has 0 amide bonds. The predicted molar refractivity (Wildman–Crippen MR) is 68.7 cm³/mol. The van der Waals surface area contributed by atoms with Crippen LogP contribution in [0.3, 0.4) is 0 Å². The summed E-state index contributed by atoms with van der Waals surface area (Å²) >= 11 is 0. The van der Waals surface area contributed by atoms with E-state index in [1.54, 1.807) is 0 Å². The first-order valence-corrected chi connectivity index (χ1v) is 6.37. The number of anilines is 1. The van der Waals surface area contributed by atoms with Gasteiger partial charge in [0.2, 0.25) is 5.95 Å². The summed E-state index contributed by atoms with van der Waals surface area (Å²) in [6.45, 7) is 5.54. The van der Waals surface area contributed by atoms with Crippen molar-refractivity contribution >= 4 is 11.9 Å². The zero-order valence-corrected chi connectivity index (χ0v) is 10.8.